The van der Waals surface area contributed by atoms with Crippen molar-refractivity contribution in [3.8, 4) is 5.75 Å². The summed E-state index contributed by atoms with van der Waals surface area (Å²) in [6.07, 6.45) is 1.05. The molecule has 0 bridgehead atoms. The van der Waals surface area contributed by atoms with Gasteiger partial charge in [-0.2, -0.15) is 0 Å². The van der Waals surface area contributed by atoms with Crippen LogP contribution >= 0.6 is 0 Å². The zero-order valence-corrected chi connectivity index (χ0v) is 13.2. The molecule has 0 aliphatic heterocycles. The summed E-state index contributed by atoms with van der Waals surface area (Å²) in [5, 5.41) is 3.41. The minimum absolute atomic E-state index is 0.363. The maximum atomic E-state index is 5.71. The van der Waals surface area contributed by atoms with Crippen molar-refractivity contribution in [2.45, 2.75) is 25.9 Å². The molecule has 0 fully saturated rings. The quantitative estimate of drug-likeness (QED) is 0.666. The highest BCUT2D eigenvalue weighted by atomic mass is 16.5. The average Bonchev–Trinajstić information content (AvgIpc) is 2.43. The Bertz CT molecular complexity index is 352. The first-order valence-electron chi connectivity index (χ1n) is 7.20. The second-order valence-corrected chi connectivity index (χ2v) is 5.39. The van der Waals surface area contributed by atoms with E-state index in [4.69, 9.17) is 9.47 Å². The van der Waals surface area contributed by atoms with Gasteiger partial charge in [-0.3, -0.25) is 0 Å². The van der Waals surface area contributed by atoms with E-state index in [0.717, 1.165) is 38.5 Å². The van der Waals surface area contributed by atoms with Gasteiger partial charge in [0.05, 0.1) is 13.2 Å². The van der Waals surface area contributed by atoms with Gasteiger partial charge in [0.2, 0.25) is 0 Å². The molecule has 20 heavy (non-hydrogen) atoms. The van der Waals surface area contributed by atoms with Gasteiger partial charge in [0.15, 0.2) is 0 Å². The molecule has 0 aliphatic rings. The molecule has 0 aromatic heterocycles. The molecule has 4 heteroatoms. The van der Waals surface area contributed by atoms with E-state index >= 15 is 0 Å². The fourth-order valence-corrected chi connectivity index (χ4v) is 1.88. The number of rotatable bonds is 10. The van der Waals surface area contributed by atoms with Crippen LogP contribution < -0.4 is 10.1 Å². The highest BCUT2D eigenvalue weighted by molar-refractivity contribution is 5.27. The summed E-state index contributed by atoms with van der Waals surface area (Å²) in [5.41, 5.74) is 1.26. The van der Waals surface area contributed by atoms with Crippen LogP contribution in [0.15, 0.2) is 24.3 Å². The summed E-state index contributed by atoms with van der Waals surface area (Å²) in [6.45, 7) is 5.52. The third-order valence-corrected chi connectivity index (χ3v) is 3.01. The number of nitrogens with zero attached hydrogens (tertiary/aromatic N) is 1. The third-order valence-electron chi connectivity index (χ3n) is 3.01. The van der Waals surface area contributed by atoms with Crippen molar-refractivity contribution >= 4 is 0 Å². The van der Waals surface area contributed by atoms with Crippen molar-refractivity contribution in [3.05, 3.63) is 29.8 Å². The van der Waals surface area contributed by atoms with Crippen LogP contribution in [0.25, 0.3) is 0 Å². The van der Waals surface area contributed by atoms with Gasteiger partial charge in [-0.1, -0.05) is 12.1 Å². The van der Waals surface area contributed by atoms with E-state index in [1.54, 1.807) is 7.11 Å². The molecule has 0 spiro atoms. The van der Waals surface area contributed by atoms with Gasteiger partial charge in [-0.25, -0.2) is 0 Å². The number of ether oxygens (including phenoxy) is 2. The standard InChI is InChI=1S/C16H28N2O2/c1-14(13-19-4)17-12-15-6-8-16(9-7-15)20-11-5-10-18(2)3/h6-9,14,17H,5,10-13H2,1-4H3. The molecular formula is C16H28N2O2. The molecule has 114 valence electrons. The van der Waals surface area contributed by atoms with Gasteiger partial charge < -0.3 is 19.7 Å². The predicted octanol–water partition coefficient (Wildman–Crippen LogP) is 2.14. The lowest BCUT2D eigenvalue weighted by Crippen LogP contribution is -2.29. The lowest BCUT2D eigenvalue weighted by Gasteiger charge is -2.13. The van der Waals surface area contributed by atoms with Crippen molar-refractivity contribution in [1.29, 1.82) is 0 Å². The third kappa shape index (κ3) is 7.48. The largest absolute Gasteiger partial charge is 0.494 e. The summed E-state index contributed by atoms with van der Waals surface area (Å²) < 4.78 is 10.8. The first kappa shape index (κ1) is 17.0. The Hall–Kier alpha value is -1.10. The first-order valence-corrected chi connectivity index (χ1v) is 7.20. The fourth-order valence-electron chi connectivity index (χ4n) is 1.88. The number of hydrogen-bond acceptors (Lipinski definition) is 4. The summed E-state index contributed by atoms with van der Waals surface area (Å²) in [6, 6.07) is 8.64. The molecule has 1 N–H and O–H groups in total. The fraction of sp³-hybridized carbons (Fsp3) is 0.625. The number of hydrogen-bond donors (Lipinski definition) is 1. The van der Waals surface area contributed by atoms with E-state index in [-0.39, 0.29) is 0 Å². The lowest BCUT2D eigenvalue weighted by molar-refractivity contribution is 0.171. The molecule has 1 atom stereocenters. The Kier molecular flexibility index (Phi) is 8.26. The van der Waals surface area contributed by atoms with Crippen LogP contribution in [0, 0.1) is 0 Å². The van der Waals surface area contributed by atoms with Crippen LogP contribution in [-0.4, -0.2) is 51.9 Å². The molecular weight excluding hydrogens is 252 g/mol. The normalized spacial score (nSPS) is 12.7. The molecule has 0 saturated carbocycles. The predicted molar refractivity (Wildman–Crippen MR) is 83.3 cm³/mol. The molecule has 1 rings (SSSR count). The maximum Gasteiger partial charge on any atom is 0.119 e. The van der Waals surface area contributed by atoms with E-state index in [2.05, 4.69) is 43.4 Å². The smallest absolute Gasteiger partial charge is 0.119 e. The highest BCUT2D eigenvalue weighted by Crippen LogP contribution is 2.12. The summed E-state index contributed by atoms with van der Waals surface area (Å²) >= 11 is 0. The van der Waals surface area contributed by atoms with Gasteiger partial charge in [-0.15, -0.1) is 0 Å². The van der Waals surface area contributed by atoms with E-state index in [9.17, 15) is 0 Å². The first-order chi connectivity index (χ1) is 9.61. The monoisotopic (exact) mass is 280 g/mol. The number of nitrogens with one attached hydrogen (secondary N) is 1. The summed E-state index contributed by atoms with van der Waals surface area (Å²) in [5.74, 6) is 0.942. The second kappa shape index (κ2) is 9.75. The van der Waals surface area contributed by atoms with Crippen LogP contribution in [0.5, 0.6) is 5.75 Å². The van der Waals surface area contributed by atoms with Gasteiger partial charge in [0.1, 0.15) is 5.75 Å². The van der Waals surface area contributed by atoms with E-state index < -0.39 is 0 Å². The molecule has 1 unspecified atom stereocenters. The molecule has 0 saturated heterocycles. The zero-order chi connectivity index (χ0) is 14.8. The Morgan fingerprint density at radius 1 is 1.20 bits per heavy atom. The zero-order valence-electron chi connectivity index (χ0n) is 13.2. The van der Waals surface area contributed by atoms with Crippen LogP contribution in [0.3, 0.4) is 0 Å². The SMILES string of the molecule is COCC(C)NCc1ccc(OCCCN(C)C)cc1. The second-order valence-electron chi connectivity index (χ2n) is 5.39. The van der Waals surface area contributed by atoms with Crippen molar-refractivity contribution < 1.29 is 9.47 Å². The molecule has 0 heterocycles. The molecule has 4 nitrogen and oxygen atoms in total. The van der Waals surface area contributed by atoms with Crippen molar-refractivity contribution in [2.24, 2.45) is 0 Å². The topological polar surface area (TPSA) is 33.7 Å². The molecule has 0 radical (unpaired) electrons. The number of methoxy groups -OCH3 is 1. The van der Waals surface area contributed by atoms with Gasteiger partial charge in [0.25, 0.3) is 0 Å². The number of benzene rings is 1. The highest BCUT2D eigenvalue weighted by Gasteiger charge is 2.01. The van der Waals surface area contributed by atoms with Crippen molar-refractivity contribution in [1.82, 2.24) is 10.2 Å². The molecule has 1 aromatic rings. The van der Waals surface area contributed by atoms with Gasteiger partial charge in [0, 0.05) is 26.2 Å². The van der Waals surface area contributed by atoms with Crippen molar-refractivity contribution in [3.63, 3.8) is 0 Å². The van der Waals surface area contributed by atoms with Crippen molar-refractivity contribution in [2.75, 3.05) is 41.0 Å². The lowest BCUT2D eigenvalue weighted by atomic mass is 10.2. The van der Waals surface area contributed by atoms with E-state index in [1.807, 2.05) is 12.1 Å². The van der Waals surface area contributed by atoms with Gasteiger partial charge >= 0.3 is 0 Å². The summed E-state index contributed by atoms with van der Waals surface area (Å²) in [7, 11) is 5.87. The van der Waals surface area contributed by atoms with Crippen LogP contribution in [0.2, 0.25) is 0 Å². The Morgan fingerprint density at radius 3 is 2.50 bits per heavy atom. The maximum absolute atomic E-state index is 5.71. The van der Waals surface area contributed by atoms with E-state index in [1.165, 1.54) is 5.56 Å². The molecule has 1 aromatic carbocycles. The summed E-state index contributed by atoms with van der Waals surface area (Å²) in [4.78, 5) is 2.17. The Balaban J connectivity index is 2.25. The van der Waals surface area contributed by atoms with Crippen LogP contribution in [0.1, 0.15) is 18.9 Å². The van der Waals surface area contributed by atoms with E-state index in [0.29, 0.717) is 6.04 Å². The Labute approximate surface area is 123 Å². The van der Waals surface area contributed by atoms with Gasteiger partial charge in [-0.05, 0) is 45.1 Å². The molecule has 0 aliphatic carbocycles. The van der Waals surface area contributed by atoms with Crippen LogP contribution in [0.4, 0.5) is 0 Å². The molecule has 0 amide bonds. The Morgan fingerprint density at radius 2 is 1.90 bits per heavy atom. The minimum Gasteiger partial charge on any atom is -0.494 e. The minimum atomic E-state index is 0.363. The van der Waals surface area contributed by atoms with Crippen LogP contribution in [-0.2, 0) is 11.3 Å². The average molecular weight is 280 g/mol.